The van der Waals surface area contributed by atoms with Crippen molar-refractivity contribution in [2.24, 2.45) is 0 Å². The van der Waals surface area contributed by atoms with Gasteiger partial charge in [0.15, 0.2) is 0 Å². The first-order valence-electron chi connectivity index (χ1n) is 1.92. The summed E-state index contributed by atoms with van der Waals surface area (Å²) in [6, 6.07) is 0. The summed E-state index contributed by atoms with van der Waals surface area (Å²) in [7, 11) is 0. The van der Waals surface area contributed by atoms with Gasteiger partial charge in [0.25, 0.3) is 0 Å². The zero-order chi connectivity index (χ0) is 4.41. The van der Waals surface area contributed by atoms with Gasteiger partial charge >= 0.3 is 0 Å². The molecule has 1 fully saturated rings. The molecule has 0 amide bonds. The van der Waals surface area contributed by atoms with Gasteiger partial charge in [-0.2, -0.15) is 0 Å². The summed E-state index contributed by atoms with van der Waals surface area (Å²) in [5.74, 6) is 0. The summed E-state index contributed by atoms with van der Waals surface area (Å²) >= 11 is 0. The summed E-state index contributed by atoms with van der Waals surface area (Å²) in [6.07, 6.45) is 0.0741. The average Bonchev–Trinajstić information content (AvgIpc) is 1.86. The predicted octanol–water partition coefficient (Wildman–Crippen LogP) is 0.193. The summed E-state index contributed by atoms with van der Waals surface area (Å²) in [6.45, 7) is 4.67. The Bertz CT molecular complexity index is 38.8. The molecule has 1 saturated heterocycles. The van der Waals surface area contributed by atoms with E-state index in [1.165, 1.54) is 0 Å². The van der Waals surface area contributed by atoms with Crippen LogP contribution >= 0.6 is 0 Å². The lowest BCUT2D eigenvalue weighted by atomic mass is 10.5. The van der Waals surface area contributed by atoms with Gasteiger partial charge in [-0.25, -0.2) is 0 Å². The van der Waals surface area contributed by atoms with E-state index in [0.717, 1.165) is 0 Å². The van der Waals surface area contributed by atoms with Crippen molar-refractivity contribution >= 4 is 0 Å². The summed E-state index contributed by atoms with van der Waals surface area (Å²) in [5.41, 5.74) is 0. The normalized spacial score (nSPS) is 34.5. The van der Waals surface area contributed by atoms with Gasteiger partial charge in [-0.1, -0.05) is 0 Å². The van der Waals surface area contributed by atoms with Crippen LogP contribution in [0.2, 0.25) is 0 Å². The van der Waals surface area contributed by atoms with Crippen molar-refractivity contribution in [1.82, 2.24) is 0 Å². The van der Waals surface area contributed by atoms with Crippen LogP contribution in [0.4, 0.5) is 0 Å². The minimum Gasteiger partial charge on any atom is -0.353 e. The number of rotatable bonds is 0. The fourth-order valence-corrected chi connectivity index (χ4v) is 0.372. The van der Waals surface area contributed by atoms with E-state index in [4.69, 9.17) is 9.47 Å². The maximum Gasteiger partial charge on any atom is 0.147 e. The molecular formula is C4H7O2. The molecule has 6 heavy (non-hydrogen) atoms. The van der Waals surface area contributed by atoms with E-state index >= 15 is 0 Å². The van der Waals surface area contributed by atoms with E-state index in [2.05, 4.69) is 6.92 Å². The van der Waals surface area contributed by atoms with Gasteiger partial charge in [0, 0.05) is 0 Å². The van der Waals surface area contributed by atoms with Gasteiger partial charge in [0.05, 0.1) is 12.7 Å². The Morgan fingerprint density at radius 2 is 2.50 bits per heavy atom. The summed E-state index contributed by atoms with van der Waals surface area (Å²) in [4.78, 5) is 0. The maximum atomic E-state index is 4.82. The second-order valence-electron chi connectivity index (χ2n) is 1.28. The van der Waals surface area contributed by atoms with E-state index in [0.29, 0.717) is 13.4 Å². The fourth-order valence-electron chi connectivity index (χ4n) is 0.372. The van der Waals surface area contributed by atoms with Crippen molar-refractivity contribution < 1.29 is 9.47 Å². The Balaban J connectivity index is 2.18. The van der Waals surface area contributed by atoms with Crippen molar-refractivity contribution in [1.29, 1.82) is 0 Å². The highest BCUT2D eigenvalue weighted by atomic mass is 16.7. The average molecular weight is 87.1 g/mol. The Labute approximate surface area is 37.1 Å². The first kappa shape index (κ1) is 4.09. The van der Waals surface area contributed by atoms with E-state index in [-0.39, 0.29) is 6.10 Å². The minimum absolute atomic E-state index is 0.0741. The standard InChI is InChI=1S/C4H7O2/c1-4-2-5-3-6-4/h4H,1-3H2. The summed E-state index contributed by atoms with van der Waals surface area (Å²) in [5, 5.41) is 0. The van der Waals surface area contributed by atoms with Gasteiger partial charge in [0.1, 0.15) is 6.79 Å². The van der Waals surface area contributed by atoms with Crippen LogP contribution in [0.3, 0.4) is 0 Å². The Morgan fingerprint density at radius 1 is 1.67 bits per heavy atom. The predicted molar refractivity (Wildman–Crippen MR) is 21.0 cm³/mol. The van der Waals surface area contributed by atoms with Crippen LogP contribution in [0.1, 0.15) is 0 Å². The Hall–Kier alpha value is -0.0800. The second kappa shape index (κ2) is 1.58. The largest absolute Gasteiger partial charge is 0.353 e. The molecule has 0 aromatic heterocycles. The Kier molecular flexibility index (Phi) is 1.08. The third-order valence-corrected chi connectivity index (χ3v) is 0.691. The van der Waals surface area contributed by atoms with Crippen molar-refractivity contribution in [2.45, 2.75) is 6.10 Å². The van der Waals surface area contributed by atoms with Crippen molar-refractivity contribution in [3.05, 3.63) is 6.92 Å². The van der Waals surface area contributed by atoms with Gasteiger partial charge in [-0.3, -0.25) is 0 Å². The van der Waals surface area contributed by atoms with Gasteiger partial charge < -0.3 is 9.47 Å². The van der Waals surface area contributed by atoms with Crippen LogP contribution in [0.5, 0.6) is 0 Å². The van der Waals surface area contributed by atoms with Crippen molar-refractivity contribution in [3.63, 3.8) is 0 Å². The zero-order valence-electron chi connectivity index (χ0n) is 3.52. The van der Waals surface area contributed by atoms with Crippen molar-refractivity contribution in [3.8, 4) is 0 Å². The number of hydrogen-bond donors (Lipinski definition) is 0. The lowest BCUT2D eigenvalue weighted by Crippen LogP contribution is -2.00. The lowest BCUT2D eigenvalue weighted by Gasteiger charge is -1.90. The molecule has 0 aliphatic carbocycles. The van der Waals surface area contributed by atoms with E-state index in [1.807, 2.05) is 0 Å². The van der Waals surface area contributed by atoms with E-state index in [9.17, 15) is 0 Å². The highest BCUT2D eigenvalue weighted by Gasteiger charge is 2.07. The molecule has 0 bridgehead atoms. The minimum atomic E-state index is 0.0741. The van der Waals surface area contributed by atoms with Crippen LogP contribution in [0.15, 0.2) is 0 Å². The zero-order valence-corrected chi connectivity index (χ0v) is 3.52. The first-order valence-corrected chi connectivity index (χ1v) is 1.92. The molecule has 35 valence electrons. The molecule has 1 aliphatic heterocycles. The molecule has 1 rings (SSSR count). The van der Waals surface area contributed by atoms with Gasteiger partial charge in [-0.15, -0.1) is 0 Å². The molecule has 0 spiro atoms. The smallest absolute Gasteiger partial charge is 0.147 e. The SMILES string of the molecule is [CH2]C1COCO1. The molecular weight excluding hydrogens is 80.0 g/mol. The van der Waals surface area contributed by atoms with Crippen LogP contribution < -0.4 is 0 Å². The number of hydrogen-bond acceptors (Lipinski definition) is 2. The van der Waals surface area contributed by atoms with E-state index in [1.54, 1.807) is 0 Å². The monoisotopic (exact) mass is 87.0 g/mol. The Morgan fingerprint density at radius 3 is 2.67 bits per heavy atom. The van der Waals surface area contributed by atoms with Crippen LogP contribution in [0.25, 0.3) is 0 Å². The topological polar surface area (TPSA) is 18.5 Å². The van der Waals surface area contributed by atoms with Crippen LogP contribution in [-0.4, -0.2) is 19.5 Å². The molecule has 0 N–H and O–H groups in total. The quantitative estimate of drug-likeness (QED) is 0.420. The number of ether oxygens (including phenoxy) is 2. The molecule has 2 nitrogen and oxygen atoms in total. The molecule has 0 aromatic carbocycles. The second-order valence-corrected chi connectivity index (χ2v) is 1.28. The molecule has 1 heterocycles. The third kappa shape index (κ3) is 0.698. The maximum absolute atomic E-state index is 4.82. The lowest BCUT2D eigenvalue weighted by molar-refractivity contribution is 0.0567. The van der Waals surface area contributed by atoms with Crippen LogP contribution in [-0.2, 0) is 9.47 Å². The first-order chi connectivity index (χ1) is 2.89. The van der Waals surface area contributed by atoms with Crippen molar-refractivity contribution in [2.75, 3.05) is 13.4 Å². The highest BCUT2D eigenvalue weighted by Crippen LogP contribution is 1.98. The van der Waals surface area contributed by atoms with Crippen LogP contribution in [0, 0.1) is 6.92 Å². The molecule has 1 radical (unpaired) electrons. The fraction of sp³-hybridized carbons (Fsp3) is 0.750. The van der Waals surface area contributed by atoms with Gasteiger partial charge in [0.2, 0.25) is 0 Å². The van der Waals surface area contributed by atoms with Gasteiger partial charge in [-0.05, 0) is 6.92 Å². The molecule has 1 unspecified atom stereocenters. The third-order valence-electron chi connectivity index (χ3n) is 0.691. The molecule has 0 aromatic rings. The molecule has 1 atom stereocenters. The molecule has 2 heteroatoms. The highest BCUT2D eigenvalue weighted by molar-refractivity contribution is 4.59. The summed E-state index contributed by atoms with van der Waals surface area (Å²) < 4.78 is 9.59. The molecule has 0 saturated carbocycles. The molecule has 1 aliphatic rings. The van der Waals surface area contributed by atoms with E-state index < -0.39 is 0 Å².